The van der Waals surface area contributed by atoms with Crippen LogP contribution in [0.15, 0.2) is 36.7 Å². The molecule has 0 aliphatic heterocycles. The number of aromatic amines is 1. The third-order valence-electron chi connectivity index (χ3n) is 2.87. The van der Waals surface area contributed by atoms with Crippen LogP contribution in [0.4, 0.5) is 21.8 Å². The number of aromatic nitrogens is 5. The Balaban J connectivity index is 1.60. The average molecular weight is 348 g/mol. The van der Waals surface area contributed by atoms with Crippen molar-refractivity contribution in [3.8, 4) is 0 Å². The first-order valence-electron chi connectivity index (χ1n) is 6.80. The lowest BCUT2D eigenvalue weighted by Crippen LogP contribution is -2.14. The molecule has 0 atom stereocenters. The van der Waals surface area contributed by atoms with Crippen LogP contribution < -0.4 is 10.6 Å². The number of anilines is 3. The quantitative estimate of drug-likeness (QED) is 0.653. The largest absolute Gasteiger partial charge is 0.326 e. The summed E-state index contributed by atoms with van der Waals surface area (Å²) in [7, 11) is 0. The standard InChI is InChI=1S/C14H11ClFN7O/c15-13-17-7-18-14(21-13)20-11-5-10(22-23-11)6-12(24)19-9-3-1-2-8(16)4-9/h1-5,7H,6H2,(H,19,24)(H2,17,18,20,21,22,23). The van der Waals surface area contributed by atoms with Gasteiger partial charge in [0.15, 0.2) is 5.82 Å². The van der Waals surface area contributed by atoms with E-state index in [0.29, 0.717) is 17.2 Å². The number of carbonyl (C=O) groups is 1. The molecular weight excluding hydrogens is 337 g/mol. The average Bonchev–Trinajstić information content (AvgIpc) is 2.94. The molecule has 2 aromatic heterocycles. The lowest BCUT2D eigenvalue weighted by molar-refractivity contribution is -0.115. The molecule has 1 aromatic carbocycles. The highest BCUT2D eigenvalue weighted by Gasteiger charge is 2.09. The number of nitrogens with zero attached hydrogens (tertiary/aromatic N) is 4. The topological polar surface area (TPSA) is 108 Å². The van der Waals surface area contributed by atoms with Crippen molar-refractivity contribution in [1.82, 2.24) is 25.1 Å². The fourth-order valence-corrected chi connectivity index (χ4v) is 2.04. The van der Waals surface area contributed by atoms with Crippen molar-refractivity contribution in [2.45, 2.75) is 6.42 Å². The maximum atomic E-state index is 13.1. The molecule has 0 spiro atoms. The molecule has 0 saturated heterocycles. The third kappa shape index (κ3) is 4.23. The zero-order valence-electron chi connectivity index (χ0n) is 12.1. The van der Waals surface area contributed by atoms with E-state index in [2.05, 4.69) is 35.8 Å². The summed E-state index contributed by atoms with van der Waals surface area (Å²) in [6.07, 6.45) is 1.31. The van der Waals surface area contributed by atoms with E-state index in [0.717, 1.165) is 0 Å². The van der Waals surface area contributed by atoms with Crippen molar-refractivity contribution >= 4 is 35.0 Å². The summed E-state index contributed by atoms with van der Waals surface area (Å²) in [5.41, 5.74) is 0.948. The second-order valence-corrected chi connectivity index (χ2v) is 5.05. The van der Waals surface area contributed by atoms with E-state index >= 15 is 0 Å². The molecule has 0 bridgehead atoms. The molecule has 122 valence electrons. The summed E-state index contributed by atoms with van der Waals surface area (Å²) < 4.78 is 13.1. The second-order valence-electron chi connectivity index (χ2n) is 4.72. The van der Waals surface area contributed by atoms with Crippen LogP contribution in [0.5, 0.6) is 0 Å². The molecule has 0 fully saturated rings. The fourth-order valence-electron chi connectivity index (χ4n) is 1.91. The van der Waals surface area contributed by atoms with Crippen LogP contribution in [0.3, 0.4) is 0 Å². The smallest absolute Gasteiger partial charge is 0.232 e. The first-order chi connectivity index (χ1) is 11.6. The van der Waals surface area contributed by atoms with Crippen molar-refractivity contribution in [2.75, 3.05) is 10.6 Å². The summed E-state index contributed by atoms with van der Waals surface area (Å²) >= 11 is 5.66. The van der Waals surface area contributed by atoms with E-state index < -0.39 is 5.82 Å². The summed E-state index contributed by atoms with van der Waals surface area (Å²) in [6.45, 7) is 0. The number of hydrogen-bond acceptors (Lipinski definition) is 6. The molecule has 1 amide bonds. The minimum Gasteiger partial charge on any atom is -0.326 e. The van der Waals surface area contributed by atoms with Gasteiger partial charge >= 0.3 is 0 Å². The second kappa shape index (κ2) is 7.01. The van der Waals surface area contributed by atoms with Crippen molar-refractivity contribution in [3.05, 3.63) is 53.5 Å². The first-order valence-corrected chi connectivity index (χ1v) is 7.17. The molecule has 2 heterocycles. The molecule has 3 aromatic rings. The molecule has 3 rings (SSSR count). The van der Waals surface area contributed by atoms with Gasteiger partial charge in [0.25, 0.3) is 0 Å². The number of nitrogens with one attached hydrogen (secondary N) is 3. The molecule has 0 aliphatic carbocycles. The number of amides is 1. The Bertz CT molecular complexity index is 870. The number of carbonyl (C=O) groups excluding carboxylic acids is 1. The van der Waals surface area contributed by atoms with E-state index in [9.17, 15) is 9.18 Å². The molecule has 24 heavy (non-hydrogen) atoms. The van der Waals surface area contributed by atoms with Gasteiger partial charge in [0.1, 0.15) is 12.1 Å². The molecule has 8 nitrogen and oxygen atoms in total. The van der Waals surface area contributed by atoms with Gasteiger partial charge in [-0.25, -0.2) is 14.4 Å². The van der Waals surface area contributed by atoms with E-state index in [-0.39, 0.29) is 23.6 Å². The number of rotatable bonds is 5. The Labute approximate surface area is 140 Å². The number of halogens is 2. The Morgan fingerprint density at radius 2 is 2.17 bits per heavy atom. The Morgan fingerprint density at radius 1 is 1.29 bits per heavy atom. The highest BCUT2D eigenvalue weighted by Crippen LogP contribution is 2.13. The number of H-pyrrole nitrogens is 1. The highest BCUT2D eigenvalue weighted by molar-refractivity contribution is 6.28. The Morgan fingerprint density at radius 3 is 2.96 bits per heavy atom. The molecule has 0 aliphatic rings. The SMILES string of the molecule is O=C(Cc1cc(Nc2ncnc(Cl)n2)n[nH]1)Nc1cccc(F)c1. The van der Waals surface area contributed by atoms with Crippen LogP contribution in [-0.2, 0) is 11.2 Å². The lowest BCUT2D eigenvalue weighted by Gasteiger charge is -2.03. The van der Waals surface area contributed by atoms with Gasteiger partial charge in [-0.3, -0.25) is 9.89 Å². The van der Waals surface area contributed by atoms with E-state index in [4.69, 9.17) is 11.6 Å². The molecule has 0 radical (unpaired) electrons. The maximum Gasteiger partial charge on any atom is 0.232 e. The van der Waals surface area contributed by atoms with Crippen molar-refractivity contribution < 1.29 is 9.18 Å². The van der Waals surface area contributed by atoms with Crippen LogP contribution in [0.25, 0.3) is 0 Å². The summed E-state index contributed by atoms with van der Waals surface area (Å²) in [4.78, 5) is 23.4. The Hall–Kier alpha value is -3.07. The Kier molecular flexibility index (Phi) is 4.62. The summed E-state index contributed by atoms with van der Waals surface area (Å²) in [5.74, 6) is -0.0704. The van der Waals surface area contributed by atoms with Crippen LogP contribution >= 0.6 is 11.6 Å². The predicted octanol–water partition coefficient (Wildman–Crippen LogP) is 2.31. The van der Waals surface area contributed by atoms with Crippen LogP contribution in [0, 0.1) is 5.82 Å². The van der Waals surface area contributed by atoms with Gasteiger partial charge in [-0.2, -0.15) is 10.1 Å². The van der Waals surface area contributed by atoms with Gasteiger partial charge in [-0.05, 0) is 29.8 Å². The normalized spacial score (nSPS) is 10.4. The van der Waals surface area contributed by atoms with Gasteiger partial charge in [-0.15, -0.1) is 0 Å². The van der Waals surface area contributed by atoms with E-state index in [1.807, 2.05) is 0 Å². The van der Waals surface area contributed by atoms with Crippen LogP contribution in [0.1, 0.15) is 5.69 Å². The monoisotopic (exact) mass is 347 g/mol. The highest BCUT2D eigenvalue weighted by atomic mass is 35.5. The lowest BCUT2D eigenvalue weighted by atomic mass is 10.2. The molecule has 0 saturated carbocycles. The molecule has 0 unspecified atom stereocenters. The van der Waals surface area contributed by atoms with Gasteiger partial charge in [0.05, 0.1) is 6.42 Å². The van der Waals surface area contributed by atoms with Crippen molar-refractivity contribution in [3.63, 3.8) is 0 Å². The van der Waals surface area contributed by atoms with E-state index in [1.54, 1.807) is 12.1 Å². The molecule has 3 N–H and O–H groups in total. The summed E-state index contributed by atoms with van der Waals surface area (Å²) in [6, 6.07) is 7.29. The summed E-state index contributed by atoms with van der Waals surface area (Å²) in [5, 5.41) is 12.2. The zero-order chi connectivity index (χ0) is 16.9. The molecule has 10 heteroatoms. The first kappa shape index (κ1) is 15.8. The number of hydrogen-bond donors (Lipinski definition) is 3. The minimum absolute atomic E-state index is 0.0448. The van der Waals surface area contributed by atoms with Crippen molar-refractivity contribution in [1.29, 1.82) is 0 Å². The number of benzene rings is 1. The van der Waals surface area contributed by atoms with Crippen LogP contribution in [-0.4, -0.2) is 31.1 Å². The molecular formula is C14H11ClFN7O. The zero-order valence-corrected chi connectivity index (χ0v) is 12.9. The van der Waals surface area contributed by atoms with Gasteiger partial charge < -0.3 is 10.6 Å². The van der Waals surface area contributed by atoms with Crippen LogP contribution in [0.2, 0.25) is 5.28 Å². The van der Waals surface area contributed by atoms with E-state index in [1.165, 1.54) is 24.5 Å². The van der Waals surface area contributed by atoms with Gasteiger partial charge in [-0.1, -0.05) is 6.07 Å². The van der Waals surface area contributed by atoms with Crippen molar-refractivity contribution in [2.24, 2.45) is 0 Å². The maximum absolute atomic E-state index is 13.1. The third-order valence-corrected chi connectivity index (χ3v) is 3.05. The fraction of sp³-hybridized carbons (Fsp3) is 0.0714. The minimum atomic E-state index is -0.420. The van der Waals surface area contributed by atoms with Gasteiger partial charge in [0, 0.05) is 17.4 Å². The predicted molar refractivity (Wildman–Crippen MR) is 85.4 cm³/mol. The van der Waals surface area contributed by atoms with Gasteiger partial charge in [0.2, 0.25) is 17.1 Å².